The van der Waals surface area contributed by atoms with Crippen molar-refractivity contribution in [2.75, 3.05) is 6.54 Å². The number of halogens is 1. The highest BCUT2D eigenvalue weighted by atomic mass is 32.1. The van der Waals surface area contributed by atoms with Crippen LogP contribution in [0.3, 0.4) is 0 Å². The molecule has 1 aromatic carbocycles. The molecule has 1 aromatic heterocycles. The van der Waals surface area contributed by atoms with Crippen LogP contribution in [0, 0.1) is 0 Å². The normalized spacial score (nSPS) is 13.3. The lowest BCUT2D eigenvalue weighted by Crippen LogP contribution is -2.03. The maximum Gasteiger partial charge on any atom is 0.128 e. The molecule has 0 radical (unpaired) electrons. The highest BCUT2D eigenvalue weighted by Crippen LogP contribution is 2.33. The lowest BCUT2D eigenvalue weighted by atomic mass is 10.1. The second-order valence-electron chi connectivity index (χ2n) is 3.23. The van der Waals surface area contributed by atoms with Crippen LogP contribution in [-0.2, 0) is 0 Å². The molecule has 3 heteroatoms. The smallest absolute Gasteiger partial charge is 0.128 e. The zero-order chi connectivity index (χ0) is 9.97. The standard InChI is InChI=1S/C11H12FNS/c12-10(5-6-13)9-7-14-11-4-2-1-3-8(9)11/h1-4,7,10H,5-6,13H2. The lowest BCUT2D eigenvalue weighted by molar-refractivity contribution is 0.330. The molecular formula is C11H12FNS. The van der Waals surface area contributed by atoms with E-state index in [1.54, 1.807) is 11.3 Å². The number of hydrogen-bond donors (Lipinski definition) is 1. The minimum absolute atomic E-state index is 0.394. The maximum atomic E-state index is 13.6. The summed E-state index contributed by atoms with van der Waals surface area (Å²) in [5.74, 6) is 0. The molecule has 1 atom stereocenters. The first kappa shape index (κ1) is 9.62. The fourth-order valence-corrected chi connectivity index (χ4v) is 2.54. The predicted molar refractivity (Wildman–Crippen MR) is 59.3 cm³/mol. The molecule has 1 nitrogen and oxygen atoms in total. The quantitative estimate of drug-likeness (QED) is 0.825. The van der Waals surface area contributed by atoms with Gasteiger partial charge in [-0.3, -0.25) is 0 Å². The number of fused-ring (bicyclic) bond motifs is 1. The Morgan fingerprint density at radius 1 is 1.36 bits per heavy atom. The van der Waals surface area contributed by atoms with E-state index in [2.05, 4.69) is 0 Å². The monoisotopic (exact) mass is 209 g/mol. The minimum Gasteiger partial charge on any atom is -0.330 e. The summed E-state index contributed by atoms with van der Waals surface area (Å²) in [6.45, 7) is 0.394. The van der Waals surface area contributed by atoms with Crippen molar-refractivity contribution >= 4 is 21.4 Å². The first-order chi connectivity index (χ1) is 6.83. The van der Waals surface area contributed by atoms with Crippen molar-refractivity contribution in [1.29, 1.82) is 0 Å². The fourth-order valence-electron chi connectivity index (χ4n) is 1.54. The molecule has 2 aromatic rings. The predicted octanol–water partition coefficient (Wildman–Crippen LogP) is 3.26. The van der Waals surface area contributed by atoms with Crippen LogP contribution in [0.25, 0.3) is 10.1 Å². The summed E-state index contributed by atoms with van der Waals surface area (Å²) in [6.07, 6.45) is -0.517. The number of alkyl halides is 1. The van der Waals surface area contributed by atoms with E-state index in [9.17, 15) is 4.39 Å². The molecule has 1 unspecified atom stereocenters. The van der Waals surface area contributed by atoms with Gasteiger partial charge in [-0.05, 0) is 29.8 Å². The van der Waals surface area contributed by atoms with Gasteiger partial charge in [0.15, 0.2) is 0 Å². The molecular weight excluding hydrogens is 197 g/mol. The molecule has 1 heterocycles. The van der Waals surface area contributed by atoms with Gasteiger partial charge in [-0.15, -0.1) is 11.3 Å². The summed E-state index contributed by atoms with van der Waals surface area (Å²) >= 11 is 1.59. The Morgan fingerprint density at radius 3 is 2.93 bits per heavy atom. The maximum absolute atomic E-state index is 13.6. The molecule has 0 aliphatic rings. The van der Waals surface area contributed by atoms with Gasteiger partial charge >= 0.3 is 0 Å². The van der Waals surface area contributed by atoms with Crippen molar-refractivity contribution in [1.82, 2.24) is 0 Å². The van der Waals surface area contributed by atoms with E-state index in [-0.39, 0.29) is 0 Å². The second kappa shape index (κ2) is 4.07. The van der Waals surface area contributed by atoms with Gasteiger partial charge in [-0.25, -0.2) is 4.39 Å². The molecule has 74 valence electrons. The Morgan fingerprint density at radius 2 is 2.14 bits per heavy atom. The zero-order valence-electron chi connectivity index (χ0n) is 7.74. The molecule has 0 fully saturated rings. The molecule has 0 spiro atoms. The van der Waals surface area contributed by atoms with Crippen molar-refractivity contribution in [2.45, 2.75) is 12.6 Å². The van der Waals surface area contributed by atoms with Crippen LogP contribution in [-0.4, -0.2) is 6.54 Å². The third-order valence-electron chi connectivity index (χ3n) is 2.27. The van der Waals surface area contributed by atoms with Crippen LogP contribution in [0.15, 0.2) is 29.6 Å². The number of rotatable bonds is 3. The molecule has 0 saturated heterocycles. The molecule has 0 aliphatic heterocycles. The van der Waals surface area contributed by atoms with Crippen LogP contribution < -0.4 is 5.73 Å². The Labute approximate surface area is 86.4 Å². The first-order valence-corrected chi connectivity index (χ1v) is 5.51. The van der Waals surface area contributed by atoms with Crippen LogP contribution >= 0.6 is 11.3 Å². The summed E-state index contributed by atoms with van der Waals surface area (Å²) in [4.78, 5) is 0. The molecule has 2 N–H and O–H groups in total. The number of hydrogen-bond acceptors (Lipinski definition) is 2. The van der Waals surface area contributed by atoms with E-state index < -0.39 is 6.17 Å². The van der Waals surface area contributed by atoms with Crippen LogP contribution in [0.4, 0.5) is 4.39 Å². The van der Waals surface area contributed by atoms with Gasteiger partial charge in [0.1, 0.15) is 6.17 Å². The molecule has 0 amide bonds. The Kier molecular flexibility index (Phi) is 2.79. The Balaban J connectivity index is 2.42. The first-order valence-electron chi connectivity index (χ1n) is 4.63. The summed E-state index contributed by atoms with van der Waals surface area (Å²) in [6, 6.07) is 7.88. The summed E-state index contributed by atoms with van der Waals surface area (Å²) in [7, 11) is 0. The van der Waals surface area contributed by atoms with Gasteiger partial charge in [-0.2, -0.15) is 0 Å². The number of benzene rings is 1. The SMILES string of the molecule is NCCC(F)c1csc2ccccc12. The Bertz CT molecular complexity index is 424. The summed E-state index contributed by atoms with van der Waals surface area (Å²) in [5.41, 5.74) is 6.13. The van der Waals surface area contributed by atoms with E-state index in [0.717, 1.165) is 15.6 Å². The second-order valence-corrected chi connectivity index (χ2v) is 4.14. The van der Waals surface area contributed by atoms with Gasteiger partial charge in [0.25, 0.3) is 0 Å². The van der Waals surface area contributed by atoms with Crippen molar-refractivity contribution in [3.8, 4) is 0 Å². The molecule has 0 bridgehead atoms. The largest absolute Gasteiger partial charge is 0.330 e. The third kappa shape index (κ3) is 1.65. The van der Waals surface area contributed by atoms with Gasteiger partial charge in [0.2, 0.25) is 0 Å². The molecule has 14 heavy (non-hydrogen) atoms. The van der Waals surface area contributed by atoms with E-state index in [1.165, 1.54) is 0 Å². The van der Waals surface area contributed by atoms with Crippen LogP contribution in [0.2, 0.25) is 0 Å². The Hall–Kier alpha value is -0.930. The molecule has 0 saturated carbocycles. The van der Waals surface area contributed by atoms with Gasteiger partial charge in [0, 0.05) is 10.3 Å². The highest BCUT2D eigenvalue weighted by molar-refractivity contribution is 7.17. The van der Waals surface area contributed by atoms with Gasteiger partial charge < -0.3 is 5.73 Å². The number of nitrogens with two attached hydrogens (primary N) is 1. The van der Waals surface area contributed by atoms with Gasteiger partial charge in [0.05, 0.1) is 0 Å². The minimum atomic E-state index is -0.920. The average molecular weight is 209 g/mol. The van der Waals surface area contributed by atoms with Crippen molar-refractivity contribution < 1.29 is 4.39 Å². The van der Waals surface area contributed by atoms with Crippen molar-refractivity contribution in [3.05, 3.63) is 35.2 Å². The van der Waals surface area contributed by atoms with Crippen LogP contribution in [0.1, 0.15) is 18.2 Å². The van der Waals surface area contributed by atoms with E-state index in [4.69, 9.17) is 5.73 Å². The topological polar surface area (TPSA) is 26.0 Å². The average Bonchev–Trinajstić information content (AvgIpc) is 2.61. The van der Waals surface area contributed by atoms with Crippen molar-refractivity contribution in [2.24, 2.45) is 5.73 Å². The fraction of sp³-hybridized carbons (Fsp3) is 0.273. The van der Waals surface area contributed by atoms with E-state index in [1.807, 2.05) is 29.6 Å². The van der Waals surface area contributed by atoms with E-state index in [0.29, 0.717) is 13.0 Å². The summed E-state index contributed by atoms with van der Waals surface area (Å²) < 4.78 is 14.8. The third-order valence-corrected chi connectivity index (χ3v) is 3.25. The molecule has 0 aliphatic carbocycles. The van der Waals surface area contributed by atoms with Crippen molar-refractivity contribution in [3.63, 3.8) is 0 Å². The molecule has 2 rings (SSSR count). The summed E-state index contributed by atoms with van der Waals surface area (Å²) in [5, 5.41) is 2.92. The van der Waals surface area contributed by atoms with Gasteiger partial charge in [-0.1, -0.05) is 18.2 Å². The van der Waals surface area contributed by atoms with E-state index >= 15 is 0 Å². The van der Waals surface area contributed by atoms with Crippen LogP contribution in [0.5, 0.6) is 0 Å². The highest BCUT2D eigenvalue weighted by Gasteiger charge is 2.13. The zero-order valence-corrected chi connectivity index (χ0v) is 8.56. The number of thiophene rings is 1. The lowest BCUT2D eigenvalue weighted by Gasteiger charge is -2.04.